The maximum absolute atomic E-state index is 13.4. The third-order valence-corrected chi connectivity index (χ3v) is 13.7. The summed E-state index contributed by atoms with van der Waals surface area (Å²) in [6.45, 7) is 20.5. The molecule has 0 N–H and O–H groups in total. The van der Waals surface area contributed by atoms with Crippen LogP contribution in [0.25, 0.3) is 0 Å². The number of hydrogen-bond acceptors (Lipinski definition) is 5. The molecule has 5 heteroatoms. The molecular formula is C33H51NO4. The first kappa shape index (κ1) is 27.9. The first-order valence-corrected chi connectivity index (χ1v) is 15.2. The van der Waals surface area contributed by atoms with Gasteiger partial charge < -0.3 is 9.57 Å². The van der Waals surface area contributed by atoms with Crippen LogP contribution in [-0.4, -0.2) is 24.8 Å². The van der Waals surface area contributed by atoms with Gasteiger partial charge >= 0.3 is 11.9 Å². The van der Waals surface area contributed by atoms with Crippen molar-refractivity contribution in [2.24, 2.45) is 61.8 Å². The predicted octanol–water partition coefficient (Wildman–Crippen LogP) is 7.74. The maximum Gasteiger partial charge on any atom is 0.331 e. The largest absolute Gasteiger partial charge is 0.469 e. The molecule has 0 saturated heterocycles. The fourth-order valence-corrected chi connectivity index (χ4v) is 11.8. The molecule has 38 heavy (non-hydrogen) atoms. The summed E-state index contributed by atoms with van der Waals surface area (Å²) in [5.41, 5.74) is 2.52. The highest BCUT2D eigenvalue weighted by atomic mass is 16.7. The molecule has 5 fully saturated rings. The van der Waals surface area contributed by atoms with Crippen molar-refractivity contribution in [1.29, 1.82) is 0 Å². The molecule has 0 aromatic heterocycles. The highest BCUT2D eigenvalue weighted by Gasteiger charge is 2.72. The van der Waals surface area contributed by atoms with Gasteiger partial charge in [0.05, 0.1) is 18.2 Å². The first-order chi connectivity index (χ1) is 17.7. The number of rotatable bonds is 3. The van der Waals surface area contributed by atoms with E-state index >= 15 is 0 Å². The second kappa shape index (κ2) is 8.93. The fraction of sp³-hybridized carbons (Fsp3) is 0.848. The Bertz CT molecular complexity index is 1060. The molecule has 0 radical (unpaired) electrons. The molecule has 9 atom stereocenters. The van der Waals surface area contributed by atoms with E-state index < -0.39 is 0 Å². The molecule has 0 amide bonds. The second-order valence-electron chi connectivity index (χ2n) is 15.2. The van der Waals surface area contributed by atoms with Crippen LogP contribution < -0.4 is 0 Å². The van der Waals surface area contributed by atoms with Crippen molar-refractivity contribution in [1.82, 2.24) is 0 Å². The second-order valence-corrected chi connectivity index (χ2v) is 15.2. The van der Waals surface area contributed by atoms with Crippen LogP contribution in [0.5, 0.6) is 0 Å². The van der Waals surface area contributed by atoms with Gasteiger partial charge in [0, 0.05) is 12.3 Å². The maximum atomic E-state index is 13.4. The van der Waals surface area contributed by atoms with E-state index in [0.717, 1.165) is 44.2 Å². The molecule has 0 heterocycles. The lowest BCUT2D eigenvalue weighted by Gasteiger charge is -2.72. The van der Waals surface area contributed by atoms with Gasteiger partial charge in [-0.15, -0.1) is 0 Å². The average molecular weight is 526 g/mol. The number of fused-ring (bicyclic) bond motifs is 7. The number of carbonyl (C=O) groups is 2. The Morgan fingerprint density at radius 3 is 2.21 bits per heavy atom. The Morgan fingerprint density at radius 1 is 0.868 bits per heavy atom. The Labute approximate surface area is 230 Å². The van der Waals surface area contributed by atoms with Crippen LogP contribution in [0.4, 0.5) is 0 Å². The van der Waals surface area contributed by atoms with Gasteiger partial charge in [0.2, 0.25) is 0 Å². The molecule has 0 unspecified atom stereocenters. The van der Waals surface area contributed by atoms with Crippen LogP contribution in [0.2, 0.25) is 0 Å². The lowest BCUT2D eigenvalue weighted by atomic mass is 9.32. The molecule has 5 aliphatic carbocycles. The molecule has 5 saturated carbocycles. The summed E-state index contributed by atoms with van der Waals surface area (Å²) < 4.78 is 5.51. The van der Waals surface area contributed by atoms with Gasteiger partial charge in [-0.05, 0) is 117 Å². The van der Waals surface area contributed by atoms with Gasteiger partial charge in [0.15, 0.2) is 0 Å². The van der Waals surface area contributed by atoms with Crippen LogP contribution in [0.3, 0.4) is 0 Å². The lowest BCUT2D eigenvalue weighted by molar-refractivity contribution is -0.230. The summed E-state index contributed by atoms with van der Waals surface area (Å²) in [6.07, 6.45) is 10.9. The summed E-state index contributed by atoms with van der Waals surface area (Å²) in [4.78, 5) is 30.1. The molecule has 5 aliphatic rings. The highest BCUT2D eigenvalue weighted by Crippen LogP contribution is 2.77. The monoisotopic (exact) mass is 525 g/mol. The van der Waals surface area contributed by atoms with E-state index in [-0.39, 0.29) is 39.0 Å². The van der Waals surface area contributed by atoms with Crippen molar-refractivity contribution in [2.45, 2.75) is 113 Å². The Balaban J connectivity index is 1.52. The summed E-state index contributed by atoms with van der Waals surface area (Å²) in [5.74, 6) is 2.13. The normalized spacial score (nSPS) is 48.2. The highest BCUT2D eigenvalue weighted by molar-refractivity contribution is 5.91. The van der Waals surface area contributed by atoms with Crippen LogP contribution >= 0.6 is 0 Å². The van der Waals surface area contributed by atoms with Gasteiger partial charge in [0.1, 0.15) is 0 Å². The quantitative estimate of drug-likeness (QED) is 0.164. The predicted molar refractivity (Wildman–Crippen MR) is 150 cm³/mol. The Kier molecular flexibility index (Phi) is 6.56. The number of esters is 1. The zero-order valence-electron chi connectivity index (χ0n) is 25.2. The van der Waals surface area contributed by atoms with Crippen molar-refractivity contribution in [3.8, 4) is 0 Å². The van der Waals surface area contributed by atoms with Gasteiger partial charge in [-0.3, -0.25) is 4.79 Å². The SMILES string of the molecule is C=C(C)[C@@H]1CC[C@]2(C(=O)OC)CC[C@]3(C)[C@H](CC[C@@H]4[C@@]5(C)CC/C(=N\OC(C)=O)C(C)(C)[C@@H]5CC[C@]43C)[C@@H]12. The van der Waals surface area contributed by atoms with E-state index in [2.05, 4.69) is 53.3 Å². The standard InChI is InChI=1S/C33H51NO4/c1-20(2)22-12-17-33(28(36)37-9)19-18-31(7)23(27(22)33)10-11-25-30(6)15-14-26(34-38-21(3)35)29(4,5)24(30)13-16-32(25,31)8/h22-25,27H,1,10-19H2,2-9H3/b34-26+/t22-,23+,24-,25+,27+,30-,31+,32+,33-/m0/s1. The minimum atomic E-state index is -0.343. The van der Waals surface area contributed by atoms with Crippen molar-refractivity contribution >= 4 is 17.7 Å². The van der Waals surface area contributed by atoms with Crippen LogP contribution in [0, 0.1) is 56.7 Å². The number of nitrogens with zero attached hydrogens (tertiary/aromatic N) is 1. The van der Waals surface area contributed by atoms with Gasteiger partial charge in [-0.25, -0.2) is 4.79 Å². The number of oxime groups is 1. The Morgan fingerprint density at radius 2 is 1.58 bits per heavy atom. The van der Waals surface area contributed by atoms with Crippen molar-refractivity contribution in [3.05, 3.63) is 12.2 Å². The molecule has 0 bridgehead atoms. The summed E-state index contributed by atoms with van der Waals surface area (Å²) in [7, 11) is 1.58. The van der Waals surface area contributed by atoms with E-state index in [1.165, 1.54) is 38.2 Å². The lowest BCUT2D eigenvalue weighted by Crippen LogP contribution is -2.66. The third-order valence-electron chi connectivity index (χ3n) is 13.7. The number of carbonyl (C=O) groups excluding carboxylic acids is 2. The minimum absolute atomic E-state index is 0.0323. The molecule has 212 valence electrons. The van der Waals surface area contributed by atoms with Crippen molar-refractivity contribution < 1.29 is 19.2 Å². The van der Waals surface area contributed by atoms with Crippen molar-refractivity contribution in [2.75, 3.05) is 7.11 Å². The number of methoxy groups -OCH3 is 1. The van der Waals surface area contributed by atoms with E-state index in [1.807, 2.05) is 0 Å². The smallest absolute Gasteiger partial charge is 0.331 e. The van der Waals surface area contributed by atoms with E-state index in [4.69, 9.17) is 9.57 Å². The minimum Gasteiger partial charge on any atom is -0.469 e. The number of allylic oxidation sites excluding steroid dienone is 1. The molecule has 0 aromatic rings. The van der Waals surface area contributed by atoms with Gasteiger partial charge in [0.25, 0.3) is 0 Å². The van der Waals surface area contributed by atoms with Crippen LogP contribution in [0.1, 0.15) is 113 Å². The van der Waals surface area contributed by atoms with E-state index in [9.17, 15) is 9.59 Å². The molecular weight excluding hydrogens is 474 g/mol. The molecule has 5 nitrogen and oxygen atoms in total. The van der Waals surface area contributed by atoms with E-state index in [0.29, 0.717) is 29.6 Å². The third kappa shape index (κ3) is 3.51. The van der Waals surface area contributed by atoms with Crippen LogP contribution in [-0.2, 0) is 19.2 Å². The topological polar surface area (TPSA) is 65.0 Å². The average Bonchev–Trinajstić information content (AvgIpc) is 3.24. The zero-order valence-corrected chi connectivity index (χ0v) is 25.2. The van der Waals surface area contributed by atoms with Crippen molar-refractivity contribution in [3.63, 3.8) is 0 Å². The van der Waals surface area contributed by atoms with E-state index in [1.54, 1.807) is 7.11 Å². The summed E-state index contributed by atoms with van der Waals surface area (Å²) in [6, 6.07) is 0. The molecule has 0 aliphatic heterocycles. The molecule has 0 aromatic carbocycles. The number of hydrogen-bond donors (Lipinski definition) is 0. The molecule has 0 spiro atoms. The van der Waals surface area contributed by atoms with Gasteiger partial charge in [-0.1, -0.05) is 51.9 Å². The summed E-state index contributed by atoms with van der Waals surface area (Å²) in [5, 5.41) is 4.37. The summed E-state index contributed by atoms with van der Waals surface area (Å²) >= 11 is 0. The fourth-order valence-electron chi connectivity index (χ4n) is 11.8. The first-order valence-electron chi connectivity index (χ1n) is 15.2. The number of ether oxygens (including phenoxy) is 1. The molecule has 5 rings (SSSR count). The van der Waals surface area contributed by atoms with Crippen LogP contribution in [0.15, 0.2) is 17.3 Å². The Hall–Kier alpha value is -1.65. The van der Waals surface area contributed by atoms with Gasteiger partial charge in [-0.2, -0.15) is 0 Å². The zero-order chi connectivity index (χ0) is 27.9.